The second-order valence-electron chi connectivity index (χ2n) is 5.92. The predicted molar refractivity (Wildman–Crippen MR) is 97.3 cm³/mol. The molecule has 0 aromatic heterocycles. The summed E-state index contributed by atoms with van der Waals surface area (Å²) in [6.45, 7) is 4.42. The van der Waals surface area contributed by atoms with Crippen molar-refractivity contribution in [2.24, 2.45) is 0 Å². The molecule has 2 aliphatic heterocycles. The van der Waals surface area contributed by atoms with Gasteiger partial charge in [-0.3, -0.25) is 4.90 Å². The highest BCUT2D eigenvalue weighted by Gasteiger charge is 2.30. The van der Waals surface area contributed by atoms with Gasteiger partial charge in [0.25, 0.3) is 0 Å². The van der Waals surface area contributed by atoms with Gasteiger partial charge in [-0.2, -0.15) is 4.31 Å². The maximum atomic E-state index is 12.8. The zero-order valence-electron chi connectivity index (χ0n) is 13.5. The minimum absolute atomic E-state index is 0.130. The molecule has 7 nitrogen and oxygen atoms in total. The maximum Gasteiger partial charge on any atom is 0.409 e. The van der Waals surface area contributed by atoms with Gasteiger partial charge in [0.15, 0.2) is 0 Å². The fourth-order valence-electron chi connectivity index (χ4n) is 2.91. The monoisotopic (exact) mass is 451 g/mol. The van der Waals surface area contributed by atoms with E-state index in [0.29, 0.717) is 52.4 Å². The second-order valence-corrected chi connectivity index (χ2v) is 9.15. The Morgan fingerprint density at radius 2 is 1.84 bits per heavy atom. The first kappa shape index (κ1) is 18.9. The van der Waals surface area contributed by atoms with E-state index >= 15 is 0 Å². The molecule has 2 saturated heterocycles. The standard InChI is InChI=1S/C15H19BrClN3O4S/c16-12-1-2-14(13(17)11-12)25(22,23)20-7-4-18(5-8-20)3-6-19-9-10-24-15(19)21/h1-2,11H,3-10H2. The van der Waals surface area contributed by atoms with E-state index in [9.17, 15) is 13.2 Å². The van der Waals surface area contributed by atoms with Gasteiger partial charge < -0.3 is 9.64 Å². The summed E-state index contributed by atoms with van der Waals surface area (Å²) in [5.74, 6) is 0. The molecule has 0 aliphatic carbocycles. The van der Waals surface area contributed by atoms with Crippen molar-refractivity contribution in [2.45, 2.75) is 4.90 Å². The first-order chi connectivity index (χ1) is 11.9. The molecule has 2 heterocycles. The number of sulfonamides is 1. The van der Waals surface area contributed by atoms with Crippen molar-refractivity contribution in [2.75, 3.05) is 52.4 Å². The van der Waals surface area contributed by atoms with Crippen LogP contribution in [0.1, 0.15) is 0 Å². The Kier molecular flexibility index (Phi) is 5.89. The van der Waals surface area contributed by atoms with Crippen LogP contribution < -0.4 is 0 Å². The number of hydrogen-bond acceptors (Lipinski definition) is 5. The molecule has 0 bridgehead atoms. The molecule has 2 fully saturated rings. The van der Waals surface area contributed by atoms with Gasteiger partial charge in [0, 0.05) is 43.7 Å². The quantitative estimate of drug-likeness (QED) is 0.682. The molecule has 25 heavy (non-hydrogen) atoms. The van der Waals surface area contributed by atoms with Crippen LogP contribution in [0.5, 0.6) is 0 Å². The fraction of sp³-hybridized carbons (Fsp3) is 0.533. The summed E-state index contributed by atoms with van der Waals surface area (Å²) >= 11 is 9.38. The van der Waals surface area contributed by atoms with Crippen LogP contribution in [0.3, 0.4) is 0 Å². The number of piperazine rings is 1. The topological polar surface area (TPSA) is 70.2 Å². The van der Waals surface area contributed by atoms with E-state index in [1.165, 1.54) is 10.4 Å². The van der Waals surface area contributed by atoms with E-state index in [-0.39, 0.29) is 16.0 Å². The van der Waals surface area contributed by atoms with Crippen LogP contribution in [-0.4, -0.2) is 81.0 Å². The van der Waals surface area contributed by atoms with Gasteiger partial charge in [-0.15, -0.1) is 0 Å². The van der Waals surface area contributed by atoms with Crippen molar-refractivity contribution in [1.29, 1.82) is 0 Å². The smallest absolute Gasteiger partial charge is 0.409 e. The van der Waals surface area contributed by atoms with Crippen LogP contribution in [0.4, 0.5) is 4.79 Å². The van der Waals surface area contributed by atoms with Crippen molar-refractivity contribution in [3.63, 3.8) is 0 Å². The number of ether oxygens (including phenoxy) is 1. The van der Waals surface area contributed by atoms with Crippen LogP contribution in [0.25, 0.3) is 0 Å². The number of halogens is 2. The third-order valence-corrected chi connectivity index (χ3v) is 7.25. The molecule has 0 atom stereocenters. The highest BCUT2D eigenvalue weighted by atomic mass is 79.9. The molecule has 3 rings (SSSR count). The average molecular weight is 453 g/mol. The lowest BCUT2D eigenvalue weighted by molar-refractivity contribution is 0.145. The van der Waals surface area contributed by atoms with Crippen LogP contribution in [0.2, 0.25) is 5.02 Å². The summed E-state index contributed by atoms with van der Waals surface area (Å²) in [4.78, 5) is 15.4. The highest BCUT2D eigenvalue weighted by molar-refractivity contribution is 9.10. The molecule has 0 saturated carbocycles. The summed E-state index contributed by atoms with van der Waals surface area (Å²) < 4.78 is 32.6. The minimum Gasteiger partial charge on any atom is -0.448 e. The van der Waals surface area contributed by atoms with Crippen molar-refractivity contribution in [1.82, 2.24) is 14.1 Å². The van der Waals surface area contributed by atoms with Crippen molar-refractivity contribution < 1.29 is 17.9 Å². The minimum atomic E-state index is -3.60. The number of amides is 1. The summed E-state index contributed by atoms with van der Waals surface area (Å²) in [6.07, 6.45) is -0.272. The van der Waals surface area contributed by atoms with Crippen LogP contribution in [-0.2, 0) is 14.8 Å². The van der Waals surface area contributed by atoms with E-state index in [2.05, 4.69) is 20.8 Å². The van der Waals surface area contributed by atoms with Gasteiger partial charge in [0.05, 0.1) is 11.6 Å². The van der Waals surface area contributed by atoms with Gasteiger partial charge in [-0.05, 0) is 18.2 Å². The maximum absolute atomic E-state index is 12.8. The van der Waals surface area contributed by atoms with E-state index in [4.69, 9.17) is 16.3 Å². The molecule has 0 radical (unpaired) electrons. The molecule has 1 amide bonds. The molecule has 0 unspecified atom stereocenters. The SMILES string of the molecule is O=C1OCCN1CCN1CCN(S(=O)(=O)c2ccc(Br)cc2Cl)CC1. The number of nitrogens with zero attached hydrogens (tertiary/aromatic N) is 3. The Labute approximate surface area is 160 Å². The number of rotatable bonds is 5. The molecule has 0 spiro atoms. The molecule has 10 heteroatoms. The number of cyclic esters (lactones) is 1. The van der Waals surface area contributed by atoms with E-state index < -0.39 is 10.0 Å². The zero-order valence-corrected chi connectivity index (χ0v) is 16.7. The Hall–Kier alpha value is -0.870. The van der Waals surface area contributed by atoms with Gasteiger partial charge in [0.2, 0.25) is 10.0 Å². The lowest BCUT2D eigenvalue weighted by atomic mass is 10.3. The summed E-state index contributed by atoms with van der Waals surface area (Å²) in [6, 6.07) is 4.77. The van der Waals surface area contributed by atoms with E-state index in [1.54, 1.807) is 17.0 Å². The van der Waals surface area contributed by atoms with Crippen LogP contribution >= 0.6 is 27.5 Å². The second kappa shape index (κ2) is 7.79. The third kappa shape index (κ3) is 4.28. The van der Waals surface area contributed by atoms with Crippen molar-refractivity contribution in [3.05, 3.63) is 27.7 Å². The number of benzene rings is 1. The Morgan fingerprint density at radius 3 is 2.44 bits per heavy atom. The van der Waals surface area contributed by atoms with Crippen LogP contribution in [0, 0.1) is 0 Å². The molecular weight excluding hydrogens is 434 g/mol. The normalized spacial score (nSPS) is 20.1. The molecule has 0 N–H and O–H groups in total. The molecule has 1 aromatic rings. The Bertz CT molecular complexity index is 753. The van der Waals surface area contributed by atoms with Gasteiger partial charge >= 0.3 is 6.09 Å². The van der Waals surface area contributed by atoms with Gasteiger partial charge in [-0.25, -0.2) is 13.2 Å². The van der Waals surface area contributed by atoms with Crippen molar-refractivity contribution >= 4 is 43.6 Å². The first-order valence-corrected chi connectivity index (χ1v) is 10.6. The van der Waals surface area contributed by atoms with Gasteiger partial charge in [-0.1, -0.05) is 27.5 Å². The molecular formula is C15H19BrClN3O4S. The number of carbonyl (C=O) groups is 1. The van der Waals surface area contributed by atoms with Crippen molar-refractivity contribution in [3.8, 4) is 0 Å². The number of hydrogen-bond donors (Lipinski definition) is 0. The third-order valence-electron chi connectivity index (χ3n) is 4.37. The highest BCUT2D eigenvalue weighted by Crippen LogP contribution is 2.28. The van der Waals surface area contributed by atoms with E-state index in [1.807, 2.05) is 0 Å². The Morgan fingerprint density at radius 1 is 1.12 bits per heavy atom. The van der Waals surface area contributed by atoms with E-state index in [0.717, 1.165) is 4.47 Å². The molecule has 138 valence electrons. The predicted octanol–water partition coefficient (Wildman–Crippen LogP) is 1.86. The average Bonchev–Trinajstić information content (AvgIpc) is 2.98. The lowest BCUT2D eigenvalue weighted by Crippen LogP contribution is -2.50. The summed E-state index contributed by atoms with van der Waals surface area (Å²) in [5.41, 5.74) is 0. The van der Waals surface area contributed by atoms with Gasteiger partial charge in [0.1, 0.15) is 11.5 Å². The number of carbonyl (C=O) groups excluding carboxylic acids is 1. The first-order valence-electron chi connectivity index (χ1n) is 7.97. The summed E-state index contributed by atoms with van der Waals surface area (Å²) in [5, 5.41) is 0.212. The largest absolute Gasteiger partial charge is 0.448 e. The molecule has 1 aromatic carbocycles. The fourth-order valence-corrected chi connectivity index (χ4v) is 5.34. The zero-order chi connectivity index (χ0) is 18.0. The summed E-state index contributed by atoms with van der Waals surface area (Å²) in [7, 11) is -3.60. The molecule has 2 aliphatic rings. The van der Waals surface area contributed by atoms with Crippen LogP contribution in [0.15, 0.2) is 27.6 Å². The Balaban J connectivity index is 1.57. The lowest BCUT2D eigenvalue weighted by Gasteiger charge is -2.34.